The quantitative estimate of drug-likeness (QED) is 0.390. The Kier molecular flexibility index (Phi) is 5.66. The molecule has 7 nitrogen and oxygen atoms in total. The van der Waals surface area contributed by atoms with Crippen molar-refractivity contribution in [1.29, 1.82) is 0 Å². The average molecular weight is 592 g/mol. The molecule has 6 aliphatic rings. The first-order valence-corrected chi connectivity index (χ1v) is 14.9. The van der Waals surface area contributed by atoms with Crippen LogP contribution in [0.3, 0.4) is 0 Å². The maximum atomic E-state index is 18.0. The Morgan fingerprint density at radius 1 is 1.21 bits per heavy atom. The summed E-state index contributed by atoms with van der Waals surface area (Å²) in [6.45, 7) is 7.44. The molecule has 0 amide bonds. The van der Waals surface area contributed by atoms with Gasteiger partial charge in [-0.1, -0.05) is 54.1 Å². The lowest BCUT2D eigenvalue weighted by molar-refractivity contribution is -0.279. The zero-order valence-electron chi connectivity index (χ0n) is 22.3. The summed E-state index contributed by atoms with van der Waals surface area (Å²) in [5, 5.41) is 17.1. The number of nitrogens with zero attached hydrogens (tertiary/aromatic N) is 2. The summed E-state index contributed by atoms with van der Waals surface area (Å²) in [6.07, 6.45) is 5.95. The van der Waals surface area contributed by atoms with Crippen molar-refractivity contribution in [3.63, 3.8) is 0 Å². The van der Waals surface area contributed by atoms with Gasteiger partial charge in [-0.2, -0.15) is 5.10 Å². The second-order valence-electron chi connectivity index (χ2n) is 12.7. The van der Waals surface area contributed by atoms with Crippen LogP contribution >= 0.6 is 15.9 Å². The van der Waals surface area contributed by atoms with Crippen molar-refractivity contribution in [2.24, 2.45) is 28.6 Å². The predicted octanol–water partition coefficient (Wildman–Crippen LogP) is 4.22. The molecule has 5 fully saturated rings. The minimum Gasteiger partial charge on any atom is -0.390 e. The Labute approximate surface area is 231 Å². The number of aliphatic hydroxyl groups is 1. The molecule has 1 unspecified atom stereocenters. The molecule has 4 aliphatic carbocycles. The third-order valence-corrected chi connectivity index (χ3v) is 11.7. The Bertz CT molecular complexity index is 1250. The number of rotatable bonds is 1. The molecule has 1 aromatic heterocycles. The van der Waals surface area contributed by atoms with Gasteiger partial charge in [0.25, 0.3) is 0 Å². The first-order chi connectivity index (χ1) is 18.2. The number of fused-ring (bicyclic) bond motifs is 8. The lowest BCUT2D eigenvalue weighted by Crippen LogP contribution is -2.72. The smallest absolute Gasteiger partial charge is 0.227 e. The molecular formula is C29H36BrFN2O5. The Hall–Kier alpha value is -1.28. The van der Waals surface area contributed by atoms with E-state index in [-0.39, 0.29) is 31.3 Å². The predicted molar refractivity (Wildman–Crippen MR) is 141 cm³/mol. The van der Waals surface area contributed by atoms with Crippen molar-refractivity contribution in [2.75, 3.05) is 25.5 Å². The standard InChI is InChI=1S/C29H36BrFN2O5/c1-18-10-22-21-7-6-20-11-23-19(14-32-33(23)9-5-4-8-30)12-25(20,2)28(21,31)24(34)13-26(22,3)29(18)27(37-17-38-29)15-35-16-36-27/h11,14,18,21-22,24,34H,6-10,12-13,15-17H2,1-3H3/t18-,21-,22-,24-,25-,26-,27?,28-,29+/m0/s1. The van der Waals surface area contributed by atoms with E-state index >= 15 is 4.39 Å². The topological polar surface area (TPSA) is 75.0 Å². The van der Waals surface area contributed by atoms with E-state index in [0.29, 0.717) is 37.7 Å². The Morgan fingerprint density at radius 2 is 2.03 bits per heavy atom. The number of allylic oxidation sites excluding steroid dienone is 1. The summed E-state index contributed by atoms with van der Waals surface area (Å²) < 4.78 is 44.3. The van der Waals surface area contributed by atoms with Crippen molar-refractivity contribution in [3.8, 4) is 11.8 Å². The first kappa shape index (κ1) is 25.7. The van der Waals surface area contributed by atoms with Crippen LogP contribution in [0.4, 0.5) is 4.39 Å². The average Bonchev–Trinajstić information content (AvgIpc) is 3.65. The summed E-state index contributed by atoms with van der Waals surface area (Å²) in [5.74, 6) is 4.93. The molecule has 9 atom stereocenters. The van der Waals surface area contributed by atoms with E-state index in [9.17, 15) is 5.11 Å². The van der Waals surface area contributed by atoms with Gasteiger partial charge in [0.15, 0.2) is 13.6 Å². The van der Waals surface area contributed by atoms with Gasteiger partial charge in [-0.05, 0) is 55.6 Å². The summed E-state index contributed by atoms with van der Waals surface area (Å²) >= 11 is 3.34. The first-order valence-electron chi connectivity index (χ1n) is 13.8. The van der Waals surface area contributed by atoms with E-state index in [4.69, 9.17) is 18.9 Å². The van der Waals surface area contributed by atoms with Crippen LogP contribution in [-0.2, 0) is 31.9 Å². The van der Waals surface area contributed by atoms with Crippen molar-refractivity contribution >= 4 is 22.0 Å². The summed E-state index contributed by atoms with van der Waals surface area (Å²) in [7, 11) is 0. The molecule has 9 heteroatoms. The van der Waals surface area contributed by atoms with Gasteiger partial charge >= 0.3 is 0 Å². The Balaban J connectivity index is 1.28. The van der Waals surface area contributed by atoms with Crippen molar-refractivity contribution < 1.29 is 28.4 Å². The molecule has 0 radical (unpaired) electrons. The molecule has 2 saturated heterocycles. The third-order valence-electron chi connectivity index (χ3n) is 11.4. The van der Waals surface area contributed by atoms with Crippen molar-refractivity contribution in [1.82, 2.24) is 9.78 Å². The van der Waals surface area contributed by atoms with Gasteiger partial charge in [0, 0.05) is 16.7 Å². The van der Waals surface area contributed by atoms with E-state index in [1.54, 1.807) is 0 Å². The molecule has 0 aromatic carbocycles. The monoisotopic (exact) mass is 590 g/mol. The van der Waals surface area contributed by atoms with Crippen molar-refractivity contribution in [3.05, 3.63) is 23.0 Å². The molecule has 38 heavy (non-hydrogen) atoms. The fourth-order valence-corrected chi connectivity index (χ4v) is 10.1. The summed E-state index contributed by atoms with van der Waals surface area (Å²) in [4.78, 5) is 0. The zero-order valence-corrected chi connectivity index (χ0v) is 23.9. The molecule has 1 aromatic rings. The number of hydrogen-bond donors (Lipinski definition) is 1. The number of hydrogen-bond acceptors (Lipinski definition) is 6. The number of alkyl halides is 2. The van der Waals surface area contributed by atoms with Gasteiger partial charge < -0.3 is 24.1 Å². The SMILES string of the molecule is C[C@H]1C[C@H]2[C@@H]3CCC4=Cc5c(cnn5CC#CCBr)C[C@]4(C)[C@@]3(F)[C@@H](O)C[C@]2(C)[C@]12OCOC21COCO1. The van der Waals surface area contributed by atoms with Gasteiger partial charge in [-0.3, -0.25) is 4.68 Å². The molecule has 3 heterocycles. The van der Waals surface area contributed by atoms with E-state index in [1.807, 2.05) is 17.8 Å². The van der Waals surface area contributed by atoms with Crippen LogP contribution < -0.4 is 0 Å². The van der Waals surface area contributed by atoms with Crippen LogP contribution in [0.25, 0.3) is 6.08 Å². The highest BCUT2D eigenvalue weighted by Gasteiger charge is 2.81. The fraction of sp³-hybridized carbons (Fsp3) is 0.759. The highest BCUT2D eigenvalue weighted by molar-refractivity contribution is 9.09. The molecule has 7 rings (SSSR count). The lowest BCUT2D eigenvalue weighted by atomic mass is 9.43. The normalized spacial score (nSPS) is 48.7. The fourth-order valence-electron chi connectivity index (χ4n) is 9.94. The molecule has 3 saturated carbocycles. The van der Waals surface area contributed by atoms with Crippen LogP contribution in [0.2, 0.25) is 0 Å². The van der Waals surface area contributed by atoms with Gasteiger partial charge in [-0.25, -0.2) is 4.39 Å². The van der Waals surface area contributed by atoms with Crippen molar-refractivity contribution in [2.45, 2.75) is 82.6 Å². The van der Waals surface area contributed by atoms with Gasteiger partial charge in [-0.15, -0.1) is 0 Å². The lowest BCUT2D eigenvalue weighted by Gasteiger charge is -2.64. The van der Waals surface area contributed by atoms with E-state index in [2.05, 4.69) is 52.8 Å². The number of ether oxygens (including phenoxy) is 4. The molecule has 206 valence electrons. The second-order valence-corrected chi connectivity index (χ2v) is 13.2. The number of aromatic nitrogens is 2. The molecule has 2 spiro atoms. The van der Waals surface area contributed by atoms with Gasteiger partial charge in [0.1, 0.15) is 24.4 Å². The van der Waals surface area contributed by atoms with E-state index in [0.717, 1.165) is 29.7 Å². The number of aliphatic hydroxyl groups excluding tert-OH is 1. The molecule has 0 bridgehead atoms. The third kappa shape index (κ3) is 2.85. The molecule has 1 N–H and O–H groups in total. The summed E-state index contributed by atoms with van der Waals surface area (Å²) in [5.41, 5.74) is -0.772. The number of halogens is 2. The maximum absolute atomic E-state index is 18.0. The molecular weight excluding hydrogens is 555 g/mol. The maximum Gasteiger partial charge on any atom is 0.227 e. The highest BCUT2D eigenvalue weighted by Crippen LogP contribution is 2.74. The molecule has 2 aliphatic heterocycles. The van der Waals surface area contributed by atoms with E-state index in [1.165, 1.54) is 0 Å². The van der Waals surface area contributed by atoms with Crippen LogP contribution in [-0.4, -0.2) is 63.6 Å². The van der Waals surface area contributed by atoms with E-state index < -0.39 is 34.0 Å². The van der Waals surface area contributed by atoms with Gasteiger partial charge in [0.05, 0.1) is 23.3 Å². The van der Waals surface area contributed by atoms with Crippen LogP contribution in [0, 0.1) is 40.4 Å². The minimum atomic E-state index is -1.76. The van der Waals surface area contributed by atoms with Crippen LogP contribution in [0.15, 0.2) is 11.8 Å². The highest BCUT2D eigenvalue weighted by atomic mass is 79.9. The van der Waals surface area contributed by atoms with Crippen LogP contribution in [0.5, 0.6) is 0 Å². The zero-order chi connectivity index (χ0) is 26.6. The largest absolute Gasteiger partial charge is 0.390 e. The summed E-state index contributed by atoms with van der Waals surface area (Å²) in [6, 6.07) is 0. The second kappa shape index (κ2) is 8.37. The van der Waals surface area contributed by atoms with Gasteiger partial charge in [0.2, 0.25) is 5.79 Å². The minimum absolute atomic E-state index is 0.0238. The Morgan fingerprint density at radius 3 is 2.79 bits per heavy atom. The van der Waals surface area contributed by atoms with Crippen LogP contribution in [0.1, 0.15) is 57.7 Å².